The molecule has 30 heavy (non-hydrogen) atoms. The normalized spacial score (nSPS) is 15.2. The average Bonchev–Trinajstić information content (AvgIpc) is 2.76. The molecule has 0 spiro atoms. The molecule has 4 rings (SSSR count). The predicted molar refractivity (Wildman–Crippen MR) is 121 cm³/mol. The third-order valence-electron chi connectivity index (χ3n) is 5.84. The molecule has 6 heteroatoms. The van der Waals surface area contributed by atoms with Crippen molar-refractivity contribution in [1.29, 1.82) is 0 Å². The summed E-state index contributed by atoms with van der Waals surface area (Å²) >= 11 is 0. The van der Waals surface area contributed by atoms with Crippen LogP contribution in [0.5, 0.6) is 0 Å². The number of pyridine rings is 2. The highest BCUT2D eigenvalue weighted by atomic mass is 16.2. The van der Waals surface area contributed by atoms with Crippen molar-refractivity contribution < 1.29 is 4.79 Å². The highest BCUT2D eigenvalue weighted by molar-refractivity contribution is 5.90. The molecular weight excluding hydrogens is 374 g/mol. The molecule has 0 saturated carbocycles. The quantitative estimate of drug-likeness (QED) is 0.652. The first-order valence-electron chi connectivity index (χ1n) is 10.7. The molecule has 3 aromatic rings. The molecule has 0 bridgehead atoms. The van der Waals surface area contributed by atoms with Crippen LogP contribution in [-0.2, 0) is 6.42 Å². The summed E-state index contributed by atoms with van der Waals surface area (Å²) in [5.41, 5.74) is 3.20. The fraction of sp³-hybridized carbons (Fsp3) is 0.375. The van der Waals surface area contributed by atoms with Gasteiger partial charge in [-0.05, 0) is 69.0 Å². The summed E-state index contributed by atoms with van der Waals surface area (Å²) in [6.45, 7) is 5.66. The first-order chi connectivity index (χ1) is 14.7. The number of rotatable bonds is 6. The number of hydrogen-bond acceptors (Lipinski definition) is 4. The Morgan fingerprint density at radius 3 is 2.70 bits per heavy atom. The molecule has 1 aromatic carbocycles. The number of amides is 2. The summed E-state index contributed by atoms with van der Waals surface area (Å²) in [5, 5.41) is 6.77. The Labute approximate surface area is 177 Å². The molecule has 1 saturated heterocycles. The lowest BCUT2D eigenvalue weighted by Crippen LogP contribution is -2.41. The van der Waals surface area contributed by atoms with E-state index in [0.717, 1.165) is 42.1 Å². The maximum absolute atomic E-state index is 12.2. The van der Waals surface area contributed by atoms with Crippen LogP contribution >= 0.6 is 0 Å². The highest BCUT2D eigenvalue weighted by Crippen LogP contribution is 2.21. The number of piperidine rings is 1. The van der Waals surface area contributed by atoms with Gasteiger partial charge in [0.15, 0.2) is 0 Å². The minimum absolute atomic E-state index is 0.216. The molecule has 2 aromatic heterocycles. The monoisotopic (exact) mass is 403 g/mol. The van der Waals surface area contributed by atoms with Gasteiger partial charge >= 0.3 is 6.03 Å². The molecule has 3 heterocycles. The Morgan fingerprint density at radius 1 is 1.10 bits per heavy atom. The van der Waals surface area contributed by atoms with E-state index >= 15 is 0 Å². The maximum Gasteiger partial charge on any atom is 0.320 e. The summed E-state index contributed by atoms with van der Waals surface area (Å²) in [5.74, 6) is 1.31. The first-order valence-corrected chi connectivity index (χ1v) is 10.7. The van der Waals surface area contributed by atoms with E-state index in [1.807, 2.05) is 25.1 Å². The van der Waals surface area contributed by atoms with Crippen molar-refractivity contribution >= 4 is 22.8 Å². The molecule has 0 unspecified atom stereocenters. The number of nitrogens with zero attached hydrogens (tertiary/aromatic N) is 3. The zero-order valence-corrected chi connectivity index (χ0v) is 17.5. The Balaban J connectivity index is 1.17. The van der Waals surface area contributed by atoms with Gasteiger partial charge in [0.25, 0.3) is 0 Å². The van der Waals surface area contributed by atoms with Crippen LogP contribution in [-0.4, -0.2) is 47.1 Å². The number of carbonyl (C=O) groups excluding carboxylic acids is 1. The van der Waals surface area contributed by atoms with Crippen LogP contribution in [0.2, 0.25) is 0 Å². The van der Waals surface area contributed by atoms with Crippen molar-refractivity contribution in [2.24, 2.45) is 5.92 Å². The molecule has 2 amide bonds. The minimum Gasteiger partial charge on any atom is -0.337 e. The fourth-order valence-electron chi connectivity index (χ4n) is 4.12. The summed E-state index contributed by atoms with van der Waals surface area (Å²) in [4.78, 5) is 23.4. The van der Waals surface area contributed by atoms with Crippen LogP contribution in [0, 0.1) is 12.8 Å². The van der Waals surface area contributed by atoms with Gasteiger partial charge in [0.1, 0.15) is 5.82 Å². The molecule has 6 nitrogen and oxygen atoms in total. The Bertz CT molecular complexity index is 983. The molecule has 1 fully saturated rings. The van der Waals surface area contributed by atoms with E-state index in [9.17, 15) is 4.79 Å². The van der Waals surface area contributed by atoms with Crippen molar-refractivity contribution in [3.05, 3.63) is 66.0 Å². The highest BCUT2D eigenvalue weighted by Gasteiger charge is 2.19. The number of anilines is 1. The van der Waals surface area contributed by atoms with Crippen LogP contribution in [0.15, 0.2) is 54.7 Å². The van der Waals surface area contributed by atoms with E-state index in [4.69, 9.17) is 0 Å². The van der Waals surface area contributed by atoms with Crippen molar-refractivity contribution in [2.45, 2.75) is 26.2 Å². The van der Waals surface area contributed by atoms with E-state index in [1.165, 1.54) is 24.8 Å². The number of aromatic nitrogens is 2. The molecule has 0 radical (unpaired) electrons. The zero-order valence-electron chi connectivity index (χ0n) is 17.5. The fourth-order valence-corrected chi connectivity index (χ4v) is 4.12. The molecule has 1 aliphatic heterocycles. The first kappa shape index (κ1) is 20.3. The summed E-state index contributed by atoms with van der Waals surface area (Å²) in [7, 11) is 0. The van der Waals surface area contributed by atoms with E-state index in [-0.39, 0.29) is 6.03 Å². The number of aryl methyl sites for hydroxylation is 1. The van der Waals surface area contributed by atoms with Crippen LogP contribution in [0.3, 0.4) is 0 Å². The van der Waals surface area contributed by atoms with Crippen LogP contribution in [0.4, 0.5) is 10.6 Å². The van der Waals surface area contributed by atoms with Gasteiger partial charge in [-0.2, -0.15) is 0 Å². The third kappa shape index (κ3) is 5.33. The zero-order chi connectivity index (χ0) is 20.8. The summed E-state index contributed by atoms with van der Waals surface area (Å²) in [6, 6.07) is 16.1. The third-order valence-corrected chi connectivity index (χ3v) is 5.84. The van der Waals surface area contributed by atoms with Crippen molar-refractivity contribution in [2.75, 3.05) is 31.5 Å². The number of carbonyl (C=O) groups is 1. The second kappa shape index (κ2) is 9.67. The van der Waals surface area contributed by atoms with E-state index in [0.29, 0.717) is 12.4 Å². The maximum atomic E-state index is 12.2. The van der Waals surface area contributed by atoms with Crippen molar-refractivity contribution in [3.63, 3.8) is 0 Å². The molecule has 1 aliphatic rings. The summed E-state index contributed by atoms with van der Waals surface area (Å²) < 4.78 is 0. The SMILES string of the molecule is Cc1nccc2nc(NC(=O)NCCN3CCC(Cc4ccccc4)CC3)ccc12. The van der Waals surface area contributed by atoms with Crippen LogP contribution < -0.4 is 10.6 Å². The second-order valence-electron chi connectivity index (χ2n) is 8.02. The number of fused-ring (bicyclic) bond motifs is 1. The number of likely N-dealkylation sites (tertiary alicyclic amines) is 1. The van der Waals surface area contributed by atoms with Crippen molar-refractivity contribution in [3.8, 4) is 0 Å². The second-order valence-corrected chi connectivity index (χ2v) is 8.02. The number of urea groups is 1. The number of benzene rings is 1. The van der Waals surface area contributed by atoms with E-state index < -0.39 is 0 Å². The van der Waals surface area contributed by atoms with E-state index in [1.54, 1.807) is 6.20 Å². The van der Waals surface area contributed by atoms with Gasteiger partial charge in [0.05, 0.1) is 5.52 Å². The van der Waals surface area contributed by atoms with Gasteiger partial charge in [-0.3, -0.25) is 10.3 Å². The van der Waals surface area contributed by atoms with Gasteiger partial charge in [-0.15, -0.1) is 0 Å². The van der Waals surface area contributed by atoms with Gasteiger partial charge in [0.2, 0.25) is 0 Å². The predicted octanol–water partition coefficient (Wildman–Crippen LogP) is 4.01. The number of hydrogen-bond donors (Lipinski definition) is 2. The molecule has 156 valence electrons. The lowest BCUT2D eigenvalue weighted by atomic mass is 9.90. The smallest absolute Gasteiger partial charge is 0.320 e. The Morgan fingerprint density at radius 2 is 1.90 bits per heavy atom. The van der Waals surface area contributed by atoms with Gasteiger partial charge in [0, 0.05) is 30.4 Å². The van der Waals surface area contributed by atoms with Gasteiger partial charge < -0.3 is 10.2 Å². The number of nitrogens with one attached hydrogen (secondary N) is 2. The molecule has 0 aliphatic carbocycles. The molecular formula is C24H29N5O. The summed E-state index contributed by atoms with van der Waals surface area (Å²) in [6.07, 6.45) is 5.34. The average molecular weight is 404 g/mol. The largest absolute Gasteiger partial charge is 0.337 e. The van der Waals surface area contributed by atoms with Gasteiger partial charge in [-0.25, -0.2) is 9.78 Å². The molecule has 2 N–H and O–H groups in total. The minimum atomic E-state index is -0.216. The van der Waals surface area contributed by atoms with Gasteiger partial charge in [-0.1, -0.05) is 30.3 Å². The molecule has 0 atom stereocenters. The van der Waals surface area contributed by atoms with Crippen molar-refractivity contribution in [1.82, 2.24) is 20.2 Å². The van der Waals surface area contributed by atoms with Crippen LogP contribution in [0.25, 0.3) is 10.9 Å². The van der Waals surface area contributed by atoms with Crippen LogP contribution in [0.1, 0.15) is 24.1 Å². The Kier molecular flexibility index (Phi) is 6.54. The Hall–Kier alpha value is -2.99. The standard InChI is InChI=1S/C24H29N5O/c1-18-21-7-8-23(27-22(21)9-12-25-18)28-24(30)26-13-16-29-14-10-20(11-15-29)17-19-5-3-2-4-6-19/h2-9,12,20H,10-11,13-17H2,1H3,(H2,26,27,28,30). The lowest BCUT2D eigenvalue weighted by Gasteiger charge is -2.32. The van der Waals surface area contributed by atoms with E-state index in [2.05, 4.69) is 55.8 Å². The lowest BCUT2D eigenvalue weighted by molar-refractivity contribution is 0.184. The topological polar surface area (TPSA) is 70.1 Å².